The Kier molecular flexibility index (Phi) is 5.25. The number of ether oxygens (including phenoxy) is 1. The van der Waals surface area contributed by atoms with Crippen molar-refractivity contribution in [3.63, 3.8) is 0 Å². The molecule has 7 heteroatoms. The minimum Gasteiger partial charge on any atom is -0.389 e. The van der Waals surface area contributed by atoms with Gasteiger partial charge < -0.3 is 14.4 Å². The summed E-state index contributed by atoms with van der Waals surface area (Å²) < 4.78 is 20.7. The Bertz CT molecular complexity index is 779. The van der Waals surface area contributed by atoms with E-state index in [1.165, 1.54) is 6.07 Å². The molecule has 1 unspecified atom stereocenters. The van der Waals surface area contributed by atoms with Crippen LogP contribution in [0, 0.1) is 5.82 Å². The van der Waals surface area contributed by atoms with E-state index in [-0.39, 0.29) is 19.0 Å². The van der Waals surface area contributed by atoms with Crippen LogP contribution in [0.25, 0.3) is 11.5 Å². The van der Waals surface area contributed by atoms with E-state index < -0.39 is 6.10 Å². The van der Waals surface area contributed by atoms with E-state index in [2.05, 4.69) is 15.0 Å². The van der Waals surface area contributed by atoms with Crippen LogP contribution in [0.15, 0.2) is 55.2 Å². The first-order valence-electron chi connectivity index (χ1n) is 7.51. The topological polar surface area (TPSA) is 73.1 Å². The van der Waals surface area contributed by atoms with Crippen molar-refractivity contribution in [1.82, 2.24) is 19.5 Å². The third kappa shape index (κ3) is 4.01. The van der Waals surface area contributed by atoms with Gasteiger partial charge in [0.05, 0.1) is 32.1 Å². The molecule has 0 saturated heterocycles. The summed E-state index contributed by atoms with van der Waals surface area (Å²) in [4.78, 5) is 12.5. The first-order chi connectivity index (χ1) is 11.7. The number of halogens is 1. The Balaban J connectivity index is 1.55. The SMILES string of the molecule is OC(COCc1ccccc1F)Cn1ccnc1-c1cnccn1. The summed E-state index contributed by atoms with van der Waals surface area (Å²) in [5.74, 6) is 0.308. The lowest BCUT2D eigenvalue weighted by atomic mass is 10.2. The maximum absolute atomic E-state index is 13.5. The van der Waals surface area contributed by atoms with Crippen LogP contribution in [-0.2, 0) is 17.9 Å². The predicted octanol–water partition coefficient (Wildman–Crippen LogP) is 2.06. The van der Waals surface area contributed by atoms with E-state index in [1.807, 2.05) is 0 Å². The van der Waals surface area contributed by atoms with Crippen molar-refractivity contribution < 1.29 is 14.2 Å². The molecule has 0 saturated carbocycles. The number of aliphatic hydroxyl groups is 1. The molecule has 3 aromatic rings. The first-order valence-corrected chi connectivity index (χ1v) is 7.51. The standard InChI is InChI=1S/C17H17FN4O2/c18-15-4-2-1-3-13(15)11-24-12-14(23)10-22-8-7-21-17(22)16-9-19-5-6-20-16/h1-9,14,23H,10-12H2. The minimum absolute atomic E-state index is 0.0897. The molecule has 2 aromatic heterocycles. The second kappa shape index (κ2) is 7.76. The van der Waals surface area contributed by atoms with E-state index >= 15 is 0 Å². The fraction of sp³-hybridized carbons (Fsp3) is 0.235. The second-order valence-electron chi connectivity index (χ2n) is 5.25. The zero-order valence-corrected chi connectivity index (χ0v) is 12.9. The van der Waals surface area contributed by atoms with Gasteiger partial charge in [0.1, 0.15) is 11.5 Å². The van der Waals surface area contributed by atoms with Gasteiger partial charge >= 0.3 is 0 Å². The smallest absolute Gasteiger partial charge is 0.160 e. The Morgan fingerprint density at radius 2 is 2.04 bits per heavy atom. The number of hydrogen-bond acceptors (Lipinski definition) is 5. The molecule has 0 aliphatic rings. The summed E-state index contributed by atoms with van der Waals surface area (Å²) >= 11 is 0. The van der Waals surface area contributed by atoms with Crippen LogP contribution in [0.4, 0.5) is 4.39 Å². The van der Waals surface area contributed by atoms with E-state index in [0.29, 0.717) is 23.6 Å². The zero-order valence-electron chi connectivity index (χ0n) is 12.9. The number of rotatable bonds is 7. The van der Waals surface area contributed by atoms with Crippen molar-refractivity contribution in [3.8, 4) is 11.5 Å². The molecule has 0 aliphatic heterocycles. The molecule has 24 heavy (non-hydrogen) atoms. The van der Waals surface area contributed by atoms with Gasteiger partial charge in [-0.25, -0.2) is 14.4 Å². The molecule has 2 heterocycles. The Hall–Kier alpha value is -2.64. The molecule has 1 aromatic carbocycles. The van der Waals surface area contributed by atoms with Crippen molar-refractivity contribution >= 4 is 0 Å². The molecule has 0 bridgehead atoms. The lowest BCUT2D eigenvalue weighted by Crippen LogP contribution is -2.22. The summed E-state index contributed by atoms with van der Waals surface area (Å²) in [6.07, 6.45) is 7.42. The van der Waals surface area contributed by atoms with Gasteiger partial charge in [-0.15, -0.1) is 0 Å². The summed E-state index contributed by atoms with van der Waals surface area (Å²) in [5, 5.41) is 10.1. The fourth-order valence-electron chi connectivity index (χ4n) is 2.30. The van der Waals surface area contributed by atoms with Crippen molar-refractivity contribution in [2.75, 3.05) is 6.61 Å². The van der Waals surface area contributed by atoms with Gasteiger partial charge in [-0.1, -0.05) is 18.2 Å². The van der Waals surface area contributed by atoms with Crippen LogP contribution in [0.2, 0.25) is 0 Å². The molecule has 3 rings (SSSR count). The Morgan fingerprint density at radius 1 is 1.17 bits per heavy atom. The summed E-state index contributed by atoms with van der Waals surface area (Å²) in [7, 11) is 0. The van der Waals surface area contributed by atoms with E-state index in [0.717, 1.165) is 0 Å². The summed E-state index contributed by atoms with van der Waals surface area (Å²) in [6.45, 7) is 0.500. The van der Waals surface area contributed by atoms with Gasteiger partial charge in [-0.3, -0.25) is 4.98 Å². The highest BCUT2D eigenvalue weighted by Crippen LogP contribution is 2.14. The minimum atomic E-state index is -0.749. The van der Waals surface area contributed by atoms with Crippen LogP contribution in [0.5, 0.6) is 0 Å². The number of benzene rings is 1. The quantitative estimate of drug-likeness (QED) is 0.719. The second-order valence-corrected chi connectivity index (χ2v) is 5.25. The number of aliphatic hydroxyl groups excluding tert-OH is 1. The van der Waals surface area contributed by atoms with Gasteiger partial charge in [0.15, 0.2) is 5.82 Å². The molecule has 0 radical (unpaired) electrons. The van der Waals surface area contributed by atoms with Crippen molar-refractivity contribution in [3.05, 3.63) is 66.6 Å². The van der Waals surface area contributed by atoms with E-state index in [1.54, 1.807) is 53.8 Å². The molecule has 0 aliphatic carbocycles. The van der Waals surface area contributed by atoms with Gasteiger partial charge in [0, 0.05) is 30.4 Å². The average molecular weight is 328 g/mol. The Morgan fingerprint density at radius 3 is 2.83 bits per heavy atom. The van der Waals surface area contributed by atoms with Gasteiger partial charge in [0.2, 0.25) is 0 Å². The average Bonchev–Trinajstić information content (AvgIpc) is 3.05. The van der Waals surface area contributed by atoms with Crippen molar-refractivity contribution in [2.24, 2.45) is 0 Å². The molecular formula is C17H17FN4O2. The molecular weight excluding hydrogens is 311 g/mol. The van der Waals surface area contributed by atoms with Crippen molar-refractivity contribution in [1.29, 1.82) is 0 Å². The number of nitrogens with zero attached hydrogens (tertiary/aromatic N) is 4. The van der Waals surface area contributed by atoms with Gasteiger partial charge in [0.25, 0.3) is 0 Å². The lowest BCUT2D eigenvalue weighted by Gasteiger charge is -2.14. The van der Waals surface area contributed by atoms with Crippen molar-refractivity contribution in [2.45, 2.75) is 19.3 Å². The monoisotopic (exact) mass is 328 g/mol. The molecule has 6 nitrogen and oxygen atoms in total. The molecule has 124 valence electrons. The van der Waals surface area contributed by atoms with Crippen LogP contribution in [0.3, 0.4) is 0 Å². The van der Waals surface area contributed by atoms with E-state index in [9.17, 15) is 9.50 Å². The number of aromatic nitrogens is 4. The van der Waals surface area contributed by atoms with Gasteiger partial charge in [-0.2, -0.15) is 0 Å². The van der Waals surface area contributed by atoms with Crippen LogP contribution < -0.4 is 0 Å². The normalized spacial score (nSPS) is 12.2. The zero-order chi connectivity index (χ0) is 16.8. The third-order valence-electron chi connectivity index (χ3n) is 3.44. The largest absolute Gasteiger partial charge is 0.389 e. The molecule has 1 N–H and O–H groups in total. The summed E-state index contributed by atoms with van der Waals surface area (Å²) in [5.41, 5.74) is 1.09. The number of hydrogen-bond donors (Lipinski definition) is 1. The molecule has 0 fully saturated rings. The molecule has 0 amide bonds. The first kappa shape index (κ1) is 16.2. The van der Waals surface area contributed by atoms with Crippen LogP contribution in [-0.4, -0.2) is 37.3 Å². The highest BCUT2D eigenvalue weighted by atomic mass is 19.1. The predicted molar refractivity (Wildman–Crippen MR) is 85.3 cm³/mol. The van der Waals surface area contributed by atoms with Gasteiger partial charge in [-0.05, 0) is 6.07 Å². The highest BCUT2D eigenvalue weighted by Gasteiger charge is 2.12. The fourth-order valence-corrected chi connectivity index (χ4v) is 2.30. The number of imidazole rings is 1. The highest BCUT2D eigenvalue weighted by molar-refractivity contribution is 5.47. The molecule has 0 spiro atoms. The molecule has 1 atom stereocenters. The van der Waals surface area contributed by atoms with Crippen LogP contribution >= 0.6 is 0 Å². The van der Waals surface area contributed by atoms with Crippen LogP contribution in [0.1, 0.15) is 5.56 Å². The third-order valence-corrected chi connectivity index (χ3v) is 3.44. The maximum Gasteiger partial charge on any atom is 0.160 e. The maximum atomic E-state index is 13.5. The Labute approximate surface area is 138 Å². The lowest BCUT2D eigenvalue weighted by molar-refractivity contribution is 0.0196. The van der Waals surface area contributed by atoms with E-state index in [4.69, 9.17) is 4.74 Å². The summed E-state index contributed by atoms with van der Waals surface area (Å²) in [6, 6.07) is 6.41.